The molecule has 0 radical (unpaired) electrons. The van der Waals surface area contributed by atoms with Crippen molar-refractivity contribution in [3.63, 3.8) is 0 Å². The van der Waals surface area contributed by atoms with Crippen LogP contribution in [0.3, 0.4) is 0 Å². The van der Waals surface area contributed by atoms with Crippen molar-refractivity contribution in [2.24, 2.45) is 11.8 Å². The highest BCUT2D eigenvalue weighted by molar-refractivity contribution is 5.99. The molecule has 1 aromatic carbocycles. The molecule has 1 aromatic rings. The molecule has 0 aromatic heterocycles. The van der Waals surface area contributed by atoms with Gasteiger partial charge in [0.15, 0.2) is 0 Å². The zero-order valence-corrected chi connectivity index (χ0v) is 11.4. The largest absolute Gasteiger partial charge is 0.481 e. The number of hydrogen-bond donors (Lipinski definition) is 1. The van der Waals surface area contributed by atoms with E-state index in [1.807, 2.05) is 24.3 Å². The molecule has 1 heterocycles. The molecule has 20 heavy (non-hydrogen) atoms. The minimum atomic E-state index is -0.824. The molecule has 106 valence electrons. The van der Waals surface area contributed by atoms with Crippen LogP contribution in [0, 0.1) is 11.8 Å². The summed E-state index contributed by atoms with van der Waals surface area (Å²) in [5.41, 5.74) is 2.15. The average molecular weight is 273 g/mol. The van der Waals surface area contributed by atoms with Crippen molar-refractivity contribution < 1.29 is 14.7 Å². The van der Waals surface area contributed by atoms with Crippen molar-refractivity contribution in [1.29, 1.82) is 0 Å². The van der Waals surface area contributed by atoms with Gasteiger partial charge in [0.2, 0.25) is 5.91 Å². The van der Waals surface area contributed by atoms with E-state index < -0.39 is 11.9 Å². The Balaban J connectivity index is 1.84. The normalized spacial score (nSPS) is 25.3. The molecule has 4 heteroatoms. The van der Waals surface area contributed by atoms with Gasteiger partial charge in [-0.25, -0.2) is 0 Å². The van der Waals surface area contributed by atoms with E-state index in [1.54, 1.807) is 4.90 Å². The molecule has 2 unspecified atom stereocenters. The number of rotatable bonds is 2. The Bertz CT molecular complexity index is 540. The molecule has 3 rings (SSSR count). The molecule has 1 aliphatic heterocycles. The summed E-state index contributed by atoms with van der Waals surface area (Å²) in [6.45, 7) is 0.682. The molecule has 1 aliphatic carbocycles. The van der Waals surface area contributed by atoms with Crippen LogP contribution in [0.1, 0.15) is 31.2 Å². The second-order valence-electron chi connectivity index (χ2n) is 5.70. The van der Waals surface area contributed by atoms with Gasteiger partial charge in [0.25, 0.3) is 0 Å². The first-order valence-electron chi connectivity index (χ1n) is 7.30. The van der Waals surface area contributed by atoms with Crippen molar-refractivity contribution >= 4 is 17.6 Å². The van der Waals surface area contributed by atoms with E-state index in [4.69, 9.17) is 0 Å². The van der Waals surface area contributed by atoms with Crippen molar-refractivity contribution in [3.8, 4) is 0 Å². The van der Waals surface area contributed by atoms with Gasteiger partial charge in [-0.2, -0.15) is 0 Å². The van der Waals surface area contributed by atoms with Crippen LogP contribution in [0.25, 0.3) is 0 Å². The molecule has 4 nitrogen and oxygen atoms in total. The zero-order chi connectivity index (χ0) is 14.1. The quantitative estimate of drug-likeness (QED) is 0.900. The van der Waals surface area contributed by atoms with Gasteiger partial charge in [0, 0.05) is 12.2 Å². The second kappa shape index (κ2) is 5.27. The SMILES string of the molecule is O=C(O)C1CCCCC1C(=O)N1CCc2ccccc21. The lowest BCUT2D eigenvalue weighted by molar-refractivity contribution is -0.148. The van der Waals surface area contributed by atoms with Gasteiger partial charge >= 0.3 is 5.97 Å². The van der Waals surface area contributed by atoms with Gasteiger partial charge in [0.1, 0.15) is 0 Å². The van der Waals surface area contributed by atoms with Gasteiger partial charge in [-0.1, -0.05) is 31.0 Å². The number of carbonyl (C=O) groups excluding carboxylic acids is 1. The number of hydrogen-bond acceptors (Lipinski definition) is 2. The molecule has 2 aliphatic rings. The Morgan fingerprint density at radius 3 is 2.55 bits per heavy atom. The van der Waals surface area contributed by atoms with Crippen LogP contribution in [-0.2, 0) is 16.0 Å². The van der Waals surface area contributed by atoms with Gasteiger partial charge in [-0.15, -0.1) is 0 Å². The molecule has 2 atom stereocenters. The first-order chi connectivity index (χ1) is 9.68. The molecule has 1 saturated carbocycles. The predicted molar refractivity (Wildman–Crippen MR) is 75.6 cm³/mol. The molecule has 0 spiro atoms. The summed E-state index contributed by atoms with van der Waals surface area (Å²) >= 11 is 0. The zero-order valence-electron chi connectivity index (χ0n) is 11.4. The van der Waals surface area contributed by atoms with E-state index in [2.05, 4.69) is 0 Å². The van der Waals surface area contributed by atoms with Gasteiger partial charge in [-0.3, -0.25) is 9.59 Å². The molecule has 0 saturated heterocycles. The van der Waals surface area contributed by atoms with Crippen molar-refractivity contribution in [1.82, 2.24) is 0 Å². The number of aliphatic carboxylic acids is 1. The fourth-order valence-electron chi connectivity index (χ4n) is 3.49. The summed E-state index contributed by atoms with van der Waals surface area (Å²) in [4.78, 5) is 25.9. The Morgan fingerprint density at radius 2 is 1.80 bits per heavy atom. The Hall–Kier alpha value is -1.84. The maximum absolute atomic E-state index is 12.7. The van der Waals surface area contributed by atoms with Crippen molar-refractivity contribution in [2.75, 3.05) is 11.4 Å². The maximum atomic E-state index is 12.7. The number of nitrogens with zero attached hydrogens (tertiary/aromatic N) is 1. The van der Waals surface area contributed by atoms with Crippen LogP contribution < -0.4 is 4.90 Å². The summed E-state index contributed by atoms with van der Waals surface area (Å²) in [6, 6.07) is 7.91. The summed E-state index contributed by atoms with van der Waals surface area (Å²) in [5.74, 6) is -1.69. The Morgan fingerprint density at radius 1 is 1.10 bits per heavy atom. The Labute approximate surface area is 118 Å². The highest BCUT2D eigenvalue weighted by Gasteiger charge is 2.39. The van der Waals surface area contributed by atoms with Gasteiger partial charge in [0.05, 0.1) is 11.8 Å². The molecular weight excluding hydrogens is 254 g/mol. The third-order valence-corrected chi connectivity index (χ3v) is 4.55. The first-order valence-corrected chi connectivity index (χ1v) is 7.30. The topological polar surface area (TPSA) is 57.6 Å². The summed E-state index contributed by atoms with van der Waals surface area (Å²) < 4.78 is 0. The number of benzene rings is 1. The van der Waals surface area contributed by atoms with Crippen LogP contribution in [0.5, 0.6) is 0 Å². The summed E-state index contributed by atoms with van der Waals surface area (Å²) in [5, 5.41) is 9.32. The smallest absolute Gasteiger partial charge is 0.307 e. The van der Waals surface area contributed by atoms with Crippen molar-refractivity contribution in [2.45, 2.75) is 32.1 Å². The van der Waals surface area contributed by atoms with E-state index >= 15 is 0 Å². The number of carboxylic acids is 1. The van der Waals surface area contributed by atoms with Crippen LogP contribution >= 0.6 is 0 Å². The van der Waals surface area contributed by atoms with Gasteiger partial charge in [-0.05, 0) is 30.9 Å². The fourth-order valence-corrected chi connectivity index (χ4v) is 3.49. The number of amides is 1. The van der Waals surface area contributed by atoms with Gasteiger partial charge < -0.3 is 10.0 Å². The number of carboxylic acid groups (broad SMARTS) is 1. The number of fused-ring (bicyclic) bond motifs is 1. The van der Waals surface area contributed by atoms with E-state index in [-0.39, 0.29) is 11.8 Å². The van der Waals surface area contributed by atoms with Crippen LogP contribution in [0.4, 0.5) is 5.69 Å². The monoisotopic (exact) mass is 273 g/mol. The minimum Gasteiger partial charge on any atom is -0.481 e. The van der Waals surface area contributed by atoms with E-state index in [0.29, 0.717) is 19.4 Å². The molecule has 1 N–H and O–H groups in total. The average Bonchev–Trinajstić information content (AvgIpc) is 2.90. The second-order valence-corrected chi connectivity index (χ2v) is 5.70. The summed E-state index contributed by atoms with van der Waals surface area (Å²) in [7, 11) is 0. The van der Waals surface area contributed by atoms with Crippen LogP contribution in [-0.4, -0.2) is 23.5 Å². The lowest BCUT2D eigenvalue weighted by atomic mass is 9.78. The molecule has 0 bridgehead atoms. The lowest BCUT2D eigenvalue weighted by Crippen LogP contribution is -2.42. The molecular formula is C16H19NO3. The maximum Gasteiger partial charge on any atom is 0.307 e. The van der Waals surface area contributed by atoms with Crippen LogP contribution in [0.2, 0.25) is 0 Å². The minimum absolute atomic E-state index is 0.00190. The standard InChI is InChI=1S/C16H19NO3/c18-15(12-6-2-3-7-13(12)16(19)20)17-10-9-11-5-1-4-8-14(11)17/h1,4-5,8,12-13H,2-3,6-7,9-10H2,(H,19,20). The molecule has 1 amide bonds. The third-order valence-electron chi connectivity index (χ3n) is 4.55. The molecule has 1 fully saturated rings. The predicted octanol–water partition coefficient (Wildman–Crippen LogP) is 2.47. The number of anilines is 1. The number of carbonyl (C=O) groups is 2. The Kier molecular flexibility index (Phi) is 3.47. The van der Waals surface area contributed by atoms with E-state index in [1.165, 1.54) is 5.56 Å². The van der Waals surface area contributed by atoms with Crippen LogP contribution in [0.15, 0.2) is 24.3 Å². The fraction of sp³-hybridized carbons (Fsp3) is 0.500. The summed E-state index contributed by atoms with van der Waals surface area (Å²) in [6.07, 6.45) is 4.06. The van der Waals surface area contributed by atoms with E-state index in [0.717, 1.165) is 24.9 Å². The first kappa shape index (κ1) is 13.2. The van der Waals surface area contributed by atoms with E-state index in [9.17, 15) is 14.7 Å². The highest BCUT2D eigenvalue weighted by Crippen LogP contribution is 2.35. The number of para-hydroxylation sites is 1. The highest BCUT2D eigenvalue weighted by atomic mass is 16.4. The lowest BCUT2D eigenvalue weighted by Gasteiger charge is -2.31. The third kappa shape index (κ3) is 2.19. The van der Waals surface area contributed by atoms with Crippen molar-refractivity contribution in [3.05, 3.63) is 29.8 Å².